The number of carbonyl (C=O) groups is 1. The molecule has 2 rings (SSSR count). The van der Waals surface area contributed by atoms with Crippen molar-refractivity contribution >= 4 is 17.4 Å². The van der Waals surface area contributed by atoms with Gasteiger partial charge in [0.15, 0.2) is 0 Å². The molecule has 21 heavy (non-hydrogen) atoms. The second-order valence-electron chi connectivity index (χ2n) is 4.62. The van der Waals surface area contributed by atoms with Crippen LogP contribution in [0.1, 0.15) is 23.4 Å². The van der Waals surface area contributed by atoms with Crippen LogP contribution in [0, 0.1) is 11.6 Å². The van der Waals surface area contributed by atoms with Crippen molar-refractivity contribution in [1.29, 1.82) is 0 Å². The van der Waals surface area contributed by atoms with Gasteiger partial charge < -0.3 is 10.6 Å². The van der Waals surface area contributed by atoms with Gasteiger partial charge in [-0.25, -0.2) is 13.6 Å². The number of hydrogen-bond donors (Lipinski definition) is 2. The van der Waals surface area contributed by atoms with Gasteiger partial charge in [-0.05, 0) is 30.9 Å². The highest BCUT2D eigenvalue weighted by molar-refractivity contribution is 7.09. The maximum absolute atomic E-state index is 13.6. The lowest BCUT2D eigenvalue weighted by molar-refractivity contribution is 0.238. The average molecular weight is 310 g/mol. The highest BCUT2D eigenvalue weighted by atomic mass is 32.1. The molecule has 0 aliphatic heterocycles. The molecule has 0 radical (unpaired) electrons. The first-order valence-corrected chi connectivity index (χ1v) is 7.46. The molecule has 1 aromatic heterocycles. The van der Waals surface area contributed by atoms with Crippen molar-refractivity contribution in [3.8, 4) is 0 Å². The Morgan fingerprint density at radius 3 is 2.81 bits per heavy atom. The molecule has 0 spiro atoms. The molecule has 0 aliphatic rings. The summed E-state index contributed by atoms with van der Waals surface area (Å²) >= 11 is 1.63. The summed E-state index contributed by atoms with van der Waals surface area (Å²) in [5, 5.41) is 7.32. The van der Waals surface area contributed by atoms with Crippen LogP contribution in [0.4, 0.5) is 13.6 Å². The smallest absolute Gasteiger partial charge is 0.315 e. The van der Waals surface area contributed by atoms with Crippen LogP contribution in [0.25, 0.3) is 0 Å². The summed E-state index contributed by atoms with van der Waals surface area (Å²) in [6, 6.07) is 6.37. The van der Waals surface area contributed by atoms with Crippen molar-refractivity contribution in [1.82, 2.24) is 10.6 Å². The van der Waals surface area contributed by atoms with Crippen LogP contribution in [0.3, 0.4) is 0 Å². The van der Waals surface area contributed by atoms with E-state index in [1.165, 1.54) is 17.0 Å². The van der Waals surface area contributed by atoms with E-state index < -0.39 is 17.7 Å². The first-order chi connectivity index (χ1) is 10.1. The number of rotatable bonds is 5. The minimum Gasteiger partial charge on any atom is -0.338 e. The maximum Gasteiger partial charge on any atom is 0.315 e. The van der Waals surface area contributed by atoms with E-state index in [1.807, 2.05) is 17.5 Å². The van der Waals surface area contributed by atoms with Crippen LogP contribution in [0.2, 0.25) is 0 Å². The third-order valence-electron chi connectivity index (χ3n) is 3.01. The number of benzene rings is 1. The predicted molar refractivity (Wildman–Crippen MR) is 79.3 cm³/mol. The Labute approximate surface area is 126 Å². The number of nitrogens with one attached hydrogen (secondary N) is 2. The van der Waals surface area contributed by atoms with E-state index >= 15 is 0 Å². The van der Waals surface area contributed by atoms with E-state index in [0.717, 1.165) is 12.5 Å². The summed E-state index contributed by atoms with van der Waals surface area (Å²) in [4.78, 5) is 12.9. The number of hydrogen-bond acceptors (Lipinski definition) is 2. The summed E-state index contributed by atoms with van der Waals surface area (Å²) in [5.41, 5.74) is 0.254. The van der Waals surface area contributed by atoms with Gasteiger partial charge in [-0.3, -0.25) is 0 Å². The Morgan fingerprint density at radius 2 is 2.14 bits per heavy atom. The molecule has 0 saturated carbocycles. The van der Waals surface area contributed by atoms with E-state index in [1.54, 1.807) is 18.3 Å². The van der Waals surface area contributed by atoms with Crippen LogP contribution in [0.15, 0.2) is 35.7 Å². The SMILES string of the molecule is CC(NC(=O)NCCc1cccs1)c1ccc(F)cc1F. The maximum atomic E-state index is 13.6. The lowest BCUT2D eigenvalue weighted by Crippen LogP contribution is -2.38. The monoisotopic (exact) mass is 310 g/mol. The lowest BCUT2D eigenvalue weighted by Gasteiger charge is -2.15. The molecule has 0 bridgehead atoms. The summed E-state index contributed by atoms with van der Waals surface area (Å²) in [6.45, 7) is 2.15. The second-order valence-corrected chi connectivity index (χ2v) is 5.65. The molecule has 6 heteroatoms. The Bertz CT molecular complexity index is 602. The Balaban J connectivity index is 1.81. The van der Waals surface area contributed by atoms with Crippen LogP contribution >= 0.6 is 11.3 Å². The standard InChI is InChI=1S/C15H16F2N2OS/c1-10(13-5-4-11(16)9-14(13)17)19-15(20)18-7-6-12-3-2-8-21-12/h2-5,8-10H,6-7H2,1H3,(H2,18,19,20). The topological polar surface area (TPSA) is 41.1 Å². The number of carbonyl (C=O) groups excluding carboxylic acids is 1. The molecule has 1 unspecified atom stereocenters. The molecular weight excluding hydrogens is 294 g/mol. The van der Waals surface area contributed by atoms with Gasteiger partial charge in [-0.1, -0.05) is 12.1 Å². The highest BCUT2D eigenvalue weighted by Gasteiger charge is 2.13. The number of halogens is 2. The van der Waals surface area contributed by atoms with E-state index in [0.29, 0.717) is 6.54 Å². The highest BCUT2D eigenvalue weighted by Crippen LogP contribution is 2.17. The van der Waals surface area contributed by atoms with Gasteiger partial charge >= 0.3 is 6.03 Å². The molecule has 1 atom stereocenters. The molecule has 3 nitrogen and oxygen atoms in total. The summed E-state index contributed by atoms with van der Waals surface area (Å²) < 4.78 is 26.4. The van der Waals surface area contributed by atoms with E-state index in [-0.39, 0.29) is 11.6 Å². The molecule has 0 fully saturated rings. The molecule has 112 valence electrons. The quantitative estimate of drug-likeness (QED) is 0.870. The molecule has 2 aromatic rings. The lowest BCUT2D eigenvalue weighted by atomic mass is 10.1. The Hall–Kier alpha value is -1.95. The molecule has 2 N–H and O–H groups in total. The van der Waals surface area contributed by atoms with Crippen molar-refractivity contribution < 1.29 is 13.6 Å². The molecule has 0 saturated heterocycles. The number of thiophene rings is 1. The third-order valence-corrected chi connectivity index (χ3v) is 3.95. The van der Waals surface area contributed by atoms with Crippen LogP contribution in [0.5, 0.6) is 0 Å². The largest absolute Gasteiger partial charge is 0.338 e. The van der Waals surface area contributed by atoms with Crippen molar-refractivity contribution in [2.75, 3.05) is 6.54 Å². The van der Waals surface area contributed by atoms with Crippen molar-refractivity contribution in [3.63, 3.8) is 0 Å². The van der Waals surface area contributed by atoms with E-state index in [4.69, 9.17) is 0 Å². The fourth-order valence-corrected chi connectivity index (χ4v) is 2.64. The van der Waals surface area contributed by atoms with Crippen LogP contribution in [-0.2, 0) is 6.42 Å². The molecule has 1 aromatic carbocycles. The third kappa shape index (κ3) is 4.53. The first-order valence-electron chi connectivity index (χ1n) is 6.58. The van der Waals surface area contributed by atoms with Gasteiger partial charge in [-0.15, -0.1) is 11.3 Å². The summed E-state index contributed by atoms with van der Waals surface area (Å²) in [5.74, 6) is -1.30. The van der Waals surface area contributed by atoms with E-state index in [2.05, 4.69) is 10.6 Å². The van der Waals surface area contributed by atoms with Gasteiger partial charge in [-0.2, -0.15) is 0 Å². The molecular formula is C15H16F2N2OS. The molecule has 0 aliphatic carbocycles. The summed E-state index contributed by atoms with van der Waals surface area (Å²) in [6.07, 6.45) is 0.754. The Kier molecular flexibility index (Phi) is 5.27. The van der Waals surface area contributed by atoms with Crippen LogP contribution < -0.4 is 10.6 Å². The van der Waals surface area contributed by atoms with Crippen molar-refractivity contribution in [3.05, 3.63) is 57.8 Å². The summed E-state index contributed by atoms with van der Waals surface area (Å²) in [7, 11) is 0. The van der Waals surface area contributed by atoms with E-state index in [9.17, 15) is 13.6 Å². The molecule has 2 amide bonds. The fraction of sp³-hybridized carbons (Fsp3) is 0.267. The number of amides is 2. The molecule has 1 heterocycles. The predicted octanol–water partition coefficient (Wildman–Crippen LogP) is 3.63. The zero-order chi connectivity index (χ0) is 15.2. The van der Waals surface area contributed by atoms with Gasteiger partial charge in [0.05, 0.1) is 6.04 Å². The Morgan fingerprint density at radius 1 is 1.33 bits per heavy atom. The minimum atomic E-state index is -0.665. The zero-order valence-electron chi connectivity index (χ0n) is 11.5. The van der Waals surface area contributed by atoms with Crippen molar-refractivity contribution in [2.45, 2.75) is 19.4 Å². The normalized spacial score (nSPS) is 12.0. The fourth-order valence-electron chi connectivity index (χ4n) is 1.93. The number of urea groups is 1. The van der Waals surface area contributed by atoms with Crippen molar-refractivity contribution in [2.24, 2.45) is 0 Å². The minimum absolute atomic E-state index is 0.254. The van der Waals surface area contributed by atoms with Gasteiger partial charge in [0.2, 0.25) is 0 Å². The van der Waals surface area contributed by atoms with Gasteiger partial charge in [0.25, 0.3) is 0 Å². The van der Waals surface area contributed by atoms with Gasteiger partial charge in [0, 0.05) is 23.1 Å². The van der Waals surface area contributed by atoms with Crippen LogP contribution in [-0.4, -0.2) is 12.6 Å². The zero-order valence-corrected chi connectivity index (χ0v) is 12.3. The average Bonchev–Trinajstić information content (AvgIpc) is 2.91. The first kappa shape index (κ1) is 15.4. The van der Waals surface area contributed by atoms with Gasteiger partial charge in [0.1, 0.15) is 11.6 Å². The second kappa shape index (κ2) is 7.17.